The molecule has 0 amide bonds. The largest absolute Gasteiger partial charge is 0.132 e. The van der Waals surface area contributed by atoms with Gasteiger partial charge in [0, 0.05) is 0 Å². The van der Waals surface area contributed by atoms with Crippen molar-refractivity contribution in [1.29, 1.82) is 0 Å². The first kappa shape index (κ1) is 18.4. The van der Waals surface area contributed by atoms with Crippen LogP contribution in [0.4, 0.5) is 0 Å². The lowest BCUT2D eigenvalue weighted by Crippen LogP contribution is -1.81. The van der Waals surface area contributed by atoms with Crippen LogP contribution in [0.1, 0.15) is 22.3 Å². The molecule has 26 heavy (non-hydrogen) atoms. The van der Waals surface area contributed by atoms with E-state index in [4.69, 9.17) is 0 Å². The Bertz CT molecular complexity index is 1020. The molecule has 4 heteroatoms. The van der Waals surface area contributed by atoms with Gasteiger partial charge in [0.25, 0.3) is 0 Å². The highest BCUT2D eigenvalue weighted by Gasteiger charge is 2.20. The van der Waals surface area contributed by atoms with Crippen LogP contribution < -0.4 is 0 Å². The summed E-state index contributed by atoms with van der Waals surface area (Å²) in [6.45, 7) is 8.64. The molecule has 0 saturated heterocycles. The summed E-state index contributed by atoms with van der Waals surface area (Å²) >= 11 is 11.5. The number of hydrogen-bond donors (Lipinski definition) is 0. The van der Waals surface area contributed by atoms with E-state index in [2.05, 4.69) is 96.0 Å². The Hall–Kier alpha value is -0.940. The van der Waals surface area contributed by atoms with Crippen LogP contribution in [0.3, 0.4) is 0 Å². The second-order valence-corrected chi connectivity index (χ2v) is 10.5. The van der Waals surface area contributed by atoms with Crippen LogP contribution in [0.15, 0.2) is 45.3 Å². The fourth-order valence-corrected chi connectivity index (χ4v) is 7.97. The summed E-state index contributed by atoms with van der Waals surface area (Å²) < 4.78 is 5.07. The smallest absolute Gasteiger partial charge is 0.0618 e. The Kier molecular flexibility index (Phi) is 4.89. The fraction of sp³-hybridized carbons (Fsp3) is 0.182. The van der Waals surface area contributed by atoms with E-state index in [0.717, 1.165) is 0 Å². The molecule has 0 aliphatic carbocycles. The number of halogens is 2. The molecule has 0 nitrogen and oxygen atoms in total. The normalized spacial score (nSPS) is 11.5. The average Bonchev–Trinajstić information content (AvgIpc) is 3.03. The summed E-state index contributed by atoms with van der Waals surface area (Å²) in [7, 11) is 0. The zero-order valence-electron chi connectivity index (χ0n) is 15.0. The van der Waals surface area contributed by atoms with Crippen LogP contribution in [-0.2, 0) is 0 Å². The standard InChI is InChI=1S/C22H18Br2S2/c1-11-5-12(2)8-15(7-11)19-17(23)21-22(25-19)18(24)20(26-21)16-9-13(3)6-14(4)10-16/h5-10H,1-4H3. The van der Waals surface area contributed by atoms with E-state index in [0.29, 0.717) is 0 Å². The van der Waals surface area contributed by atoms with Crippen LogP contribution in [0.5, 0.6) is 0 Å². The topological polar surface area (TPSA) is 0 Å². The van der Waals surface area contributed by atoms with Gasteiger partial charge in [0.2, 0.25) is 0 Å². The molecule has 2 heterocycles. The Morgan fingerprint density at radius 1 is 0.538 bits per heavy atom. The summed E-state index contributed by atoms with van der Waals surface area (Å²) in [4.78, 5) is 2.62. The molecule has 0 aliphatic rings. The molecule has 132 valence electrons. The third-order valence-electron chi connectivity index (χ3n) is 4.38. The summed E-state index contributed by atoms with van der Waals surface area (Å²) in [6, 6.07) is 13.5. The minimum absolute atomic E-state index is 1.21. The molecule has 4 aromatic rings. The molecule has 2 aromatic heterocycles. The monoisotopic (exact) mass is 504 g/mol. The van der Waals surface area contributed by atoms with Gasteiger partial charge in [-0.1, -0.05) is 58.7 Å². The molecule has 0 bridgehead atoms. The van der Waals surface area contributed by atoms with Crippen LogP contribution in [-0.4, -0.2) is 0 Å². The summed E-state index contributed by atoms with van der Waals surface area (Å²) in [5.74, 6) is 0. The Labute approximate surface area is 179 Å². The minimum Gasteiger partial charge on any atom is -0.132 e. The minimum atomic E-state index is 1.21. The first-order valence-electron chi connectivity index (χ1n) is 8.41. The first-order valence-corrected chi connectivity index (χ1v) is 11.6. The Morgan fingerprint density at radius 3 is 1.15 bits per heavy atom. The fourth-order valence-electron chi connectivity index (χ4n) is 3.46. The Balaban J connectivity index is 1.90. The zero-order valence-corrected chi connectivity index (χ0v) is 19.8. The first-order chi connectivity index (χ1) is 12.3. The van der Waals surface area contributed by atoms with Gasteiger partial charge >= 0.3 is 0 Å². The maximum atomic E-state index is 3.89. The molecule has 0 atom stereocenters. The highest BCUT2D eigenvalue weighted by atomic mass is 79.9. The highest BCUT2D eigenvalue weighted by molar-refractivity contribution is 9.11. The van der Waals surface area contributed by atoms with Crippen LogP contribution >= 0.6 is 54.5 Å². The Morgan fingerprint density at radius 2 is 0.846 bits per heavy atom. The number of rotatable bonds is 2. The molecule has 0 N–H and O–H groups in total. The van der Waals surface area contributed by atoms with Gasteiger partial charge in [-0.15, -0.1) is 22.7 Å². The quantitative estimate of drug-likeness (QED) is 0.255. The molecule has 0 spiro atoms. The third kappa shape index (κ3) is 3.22. The summed E-state index contributed by atoms with van der Waals surface area (Å²) in [5.41, 5.74) is 7.81. The van der Waals surface area contributed by atoms with Gasteiger partial charge in [-0.25, -0.2) is 0 Å². The van der Waals surface area contributed by atoms with Crippen LogP contribution in [0.25, 0.3) is 30.3 Å². The van der Waals surface area contributed by atoms with Crippen molar-refractivity contribution >= 4 is 63.9 Å². The van der Waals surface area contributed by atoms with Gasteiger partial charge in [-0.3, -0.25) is 0 Å². The van der Waals surface area contributed by atoms with Gasteiger partial charge in [-0.2, -0.15) is 0 Å². The van der Waals surface area contributed by atoms with Crippen molar-refractivity contribution in [2.45, 2.75) is 27.7 Å². The number of aryl methyl sites for hydroxylation is 4. The zero-order chi connectivity index (χ0) is 18.6. The van der Waals surface area contributed by atoms with Crippen LogP contribution in [0.2, 0.25) is 0 Å². The van der Waals surface area contributed by atoms with Crippen molar-refractivity contribution in [1.82, 2.24) is 0 Å². The molecule has 0 unspecified atom stereocenters. The van der Waals surface area contributed by atoms with Crippen molar-refractivity contribution in [3.63, 3.8) is 0 Å². The van der Waals surface area contributed by atoms with Crippen molar-refractivity contribution < 1.29 is 0 Å². The van der Waals surface area contributed by atoms with E-state index >= 15 is 0 Å². The van der Waals surface area contributed by atoms with E-state index in [1.165, 1.54) is 61.5 Å². The summed E-state index contributed by atoms with van der Waals surface area (Å²) in [6.07, 6.45) is 0. The summed E-state index contributed by atoms with van der Waals surface area (Å²) in [5, 5.41) is 0. The molecule has 0 aliphatic heterocycles. The van der Waals surface area contributed by atoms with Crippen molar-refractivity contribution in [2.24, 2.45) is 0 Å². The van der Waals surface area contributed by atoms with E-state index < -0.39 is 0 Å². The average molecular weight is 506 g/mol. The van der Waals surface area contributed by atoms with E-state index in [1.54, 1.807) is 0 Å². The number of thiophene rings is 2. The molecule has 2 aromatic carbocycles. The molecular weight excluding hydrogens is 488 g/mol. The predicted octanol–water partition coefficient (Wildman–Crippen LogP) is 9.06. The van der Waals surface area contributed by atoms with Crippen molar-refractivity contribution in [3.8, 4) is 20.9 Å². The van der Waals surface area contributed by atoms with E-state index in [1.807, 2.05) is 22.7 Å². The van der Waals surface area contributed by atoms with Gasteiger partial charge in [0.1, 0.15) is 0 Å². The number of hydrogen-bond acceptors (Lipinski definition) is 2. The third-order valence-corrected chi connectivity index (χ3v) is 9.66. The molecule has 0 radical (unpaired) electrons. The number of fused-ring (bicyclic) bond motifs is 1. The van der Waals surface area contributed by atoms with E-state index in [9.17, 15) is 0 Å². The molecule has 0 fully saturated rings. The molecule has 0 saturated carbocycles. The maximum absolute atomic E-state index is 3.89. The van der Waals surface area contributed by atoms with Gasteiger partial charge in [0.05, 0.1) is 28.1 Å². The second-order valence-electron chi connectivity index (χ2n) is 6.90. The lowest BCUT2D eigenvalue weighted by molar-refractivity contribution is 1.39. The van der Waals surface area contributed by atoms with Crippen molar-refractivity contribution in [3.05, 3.63) is 67.6 Å². The van der Waals surface area contributed by atoms with Crippen LogP contribution in [0, 0.1) is 27.7 Å². The lowest BCUT2D eigenvalue weighted by Gasteiger charge is -2.05. The highest BCUT2D eigenvalue weighted by Crippen LogP contribution is 2.52. The van der Waals surface area contributed by atoms with Gasteiger partial charge in [0.15, 0.2) is 0 Å². The molecule has 4 rings (SSSR count). The second kappa shape index (κ2) is 6.90. The lowest BCUT2D eigenvalue weighted by atomic mass is 10.1. The number of benzene rings is 2. The predicted molar refractivity (Wildman–Crippen MR) is 125 cm³/mol. The van der Waals surface area contributed by atoms with Gasteiger partial charge < -0.3 is 0 Å². The van der Waals surface area contributed by atoms with E-state index in [-0.39, 0.29) is 0 Å². The maximum Gasteiger partial charge on any atom is 0.0618 e. The van der Waals surface area contributed by atoms with Crippen molar-refractivity contribution in [2.75, 3.05) is 0 Å². The van der Waals surface area contributed by atoms with Gasteiger partial charge in [-0.05, 0) is 70.7 Å². The molecular formula is C22H18Br2S2. The SMILES string of the molecule is Cc1cc(C)cc(-c2sc3c(Br)c(-c4cc(C)cc(C)c4)sc3c2Br)c1.